The van der Waals surface area contributed by atoms with E-state index in [0.29, 0.717) is 50.7 Å². The van der Waals surface area contributed by atoms with E-state index in [9.17, 15) is 9.59 Å². The monoisotopic (exact) mass is 551 g/mol. The van der Waals surface area contributed by atoms with E-state index in [1.807, 2.05) is 36.4 Å². The Bertz CT molecular complexity index is 1880. The molecule has 0 bridgehead atoms. The molecule has 3 aromatic carbocycles. The van der Waals surface area contributed by atoms with E-state index in [2.05, 4.69) is 20.5 Å². The number of nitrogens with one attached hydrogen (secondary N) is 1. The minimum Gasteiger partial charge on any atom is -0.465 e. The van der Waals surface area contributed by atoms with Crippen LogP contribution in [0.4, 0.5) is 0 Å². The molecule has 40 heavy (non-hydrogen) atoms. The van der Waals surface area contributed by atoms with Crippen molar-refractivity contribution in [1.82, 2.24) is 34.7 Å². The van der Waals surface area contributed by atoms with Crippen LogP contribution in [0.15, 0.2) is 96.2 Å². The number of carbonyl (C=O) groups is 1. The molecule has 1 N–H and O–H groups in total. The van der Waals surface area contributed by atoms with Crippen LogP contribution >= 0.6 is 11.6 Å². The lowest BCUT2D eigenvalue weighted by atomic mass is 10.0. The molecule has 1 atom stereocenters. The van der Waals surface area contributed by atoms with Gasteiger partial charge in [0.15, 0.2) is 0 Å². The lowest BCUT2D eigenvalue weighted by Crippen LogP contribution is -2.27. The van der Waals surface area contributed by atoms with Crippen molar-refractivity contribution in [3.05, 3.63) is 124 Å². The number of esters is 1. The standard InChI is InChI=1S/C29H22ClN7O3/c1-40-29(39)20-7-9-23-24(14-20)33-28(32-23)26(13-18-5-3-2-4-6-18)36-12-11-19(15-27(36)38)22-16-21(30)8-10-25(22)37-17-31-34-35-37/h2-12,14-17,26H,13H2,1H3,(H,32,33)/t26-/m1/s1. The smallest absolute Gasteiger partial charge is 0.337 e. The van der Waals surface area contributed by atoms with Crippen LogP contribution in [-0.4, -0.2) is 47.8 Å². The number of rotatable bonds is 7. The van der Waals surface area contributed by atoms with Crippen LogP contribution in [0.1, 0.15) is 27.8 Å². The number of fused-ring (bicyclic) bond motifs is 1. The number of benzene rings is 3. The van der Waals surface area contributed by atoms with E-state index in [1.54, 1.807) is 53.2 Å². The van der Waals surface area contributed by atoms with Crippen LogP contribution in [0.2, 0.25) is 5.02 Å². The van der Waals surface area contributed by atoms with Gasteiger partial charge in [-0.2, -0.15) is 4.68 Å². The molecule has 0 aliphatic heterocycles. The first kappa shape index (κ1) is 25.2. The summed E-state index contributed by atoms with van der Waals surface area (Å²) in [6, 6.07) is 23.3. The summed E-state index contributed by atoms with van der Waals surface area (Å²) in [6.07, 6.45) is 3.75. The largest absolute Gasteiger partial charge is 0.465 e. The van der Waals surface area contributed by atoms with Gasteiger partial charge < -0.3 is 14.3 Å². The summed E-state index contributed by atoms with van der Waals surface area (Å²) in [5.74, 6) is 0.153. The first-order valence-corrected chi connectivity index (χ1v) is 12.8. The molecule has 0 radical (unpaired) electrons. The van der Waals surface area contributed by atoms with Crippen LogP contribution < -0.4 is 5.56 Å². The topological polar surface area (TPSA) is 121 Å². The van der Waals surface area contributed by atoms with Gasteiger partial charge in [-0.3, -0.25) is 4.79 Å². The number of ether oxygens (including phenoxy) is 1. The number of carbonyl (C=O) groups excluding carboxylic acids is 1. The number of aromatic nitrogens is 7. The van der Waals surface area contributed by atoms with Gasteiger partial charge in [0, 0.05) is 29.3 Å². The third kappa shape index (κ3) is 4.87. The van der Waals surface area contributed by atoms with E-state index in [4.69, 9.17) is 21.3 Å². The van der Waals surface area contributed by atoms with Crippen molar-refractivity contribution >= 4 is 28.6 Å². The molecule has 0 saturated heterocycles. The molecule has 0 fully saturated rings. The number of hydrogen-bond donors (Lipinski definition) is 1. The lowest BCUT2D eigenvalue weighted by molar-refractivity contribution is 0.0601. The predicted molar refractivity (Wildman–Crippen MR) is 150 cm³/mol. The Morgan fingerprint density at radius 3 is 2.65 bits per heavy atom. The summed E-state index contributed by atoms with van der Waals surface area (Å²) < 4.78 is 8.02. The minimum atomic E-state index is -0.448. The molecular weight excluding hydrogens is 530 g/mol. The molecule has 0 saturated carbocycles. The van der Waals surface area contributed by atoms with Crippen LogP contribution in [0.3, 0.4) is 0 Å². The quantitative estimate of drug-likeness (QED) is 0.287. The highest BCUT2D eigenvalue weighted by atomic mass is 35.5. The van der Waals surface area contributed by atoms with Crippen LogP contribution in [0.5, 0.6) is 0 Å². The van der Waals surface area contributed by atoms with Crippen molar-refractivity contribution in [2.75, 3.05) is 7.11 Å². The average Bonchev–Trinajstić information content (AvgIpc) is 3.66. The van der Waals surface area contributed by atoms with E-state index in [0.717, 1.165) is 5.56 Å². The number of tetrazole rings is 1. The third-order valence-electron chi connectivity index (χ3n) is 6.66. The van der Waals surface area contributed by atoms with Crippen LogP contribution in [0, 0.1) is 0 Å². The number of imidazole rings is 1. The number of aromatic amines is 1. The number of pyridine rings is 1. The highest BCUT2D eigenvalue weighted by molar-refractivity contribution is 6.31. The Hall–Kier alpha value is -5.09. The van der Waals surface area contributed by atoms with Crippen molar-refractivity contribution < 1.29 is 9.53 Å². The average molecular weight is 552 g/mol. The molecule has 6 aromatic rings. The zero-order valence-electron chi connectivity index (χ0n) is 21.2. The molecule has 198 valence electrons. The molecule has 0 aliphatic carbocycles. The second-order valence-corrected chi connectivity index (χ2v) is 9.56. The van der Waals surface area contributed by atoms with Crippen LogP contribution in [0.25, 0.3) is 27.8 Å². The van der Waals surface area contributed by atoms with Crippen molar-refractivity contribution in [2.45, 2.75) is 12.5 Å². The van der Waals surface area contributed by atoms with E-state index in [1.165, 1.54) is 18.1 Å². The molecular formula is C29H22ClN7O3. The summed E-state index contributed by atoms with van der Waals surface area (Å²) in [4.78, 5) is 33.8. The highest BCUT2D eigenvalue weighted by Crippen LogP contribution is 2.30. The van der Waals surface area contributed by atoms with E-state index >= 15 is 0 Å². The highest BCUT2D eigenvalue weighted by Gasteiger charge is 2.21. The summed E-state index contributed by atoms with van der Waals surface area (Å²) in [5.41, 5.74) is 4.63. The van der Waals surface area contributed by atoms with Gasteiger partial charge in [0.05, 0.1) is 35.4 Å². The van der Waals surface area contributed by atoms with Gasteiger partial charge in [0.25, 0.3) is 5.56 Å². The number of halogens is 1. The summed E-state index contributed by atoms with van der Waals surface area (Å²) in [5, 5.41) is 11.9. The second kappa shape index (κ2) is 10.6. The molecule has 0 spiro atoms. The minimum absolute atomic E-state index is 0.225. The maximum atomic E-state index is 13.7. The molecule has 0 aliphatic rings. The molecule has 0 amide bonds. The normalized spacial score (nSPS) is 11.9. The fourth-order valence-electron chi connectivity index (χ4n) is 4.72. The van der Waals surface area contributed by atoms with E-state index in [-0.39, 0.29) is 5.56 Å². The van der Waals surface area contributed by atoms with Crippen molar-refractivity contribution in [2.24, 2.45) is 0 Å². The molecule has 10 nitrogen and oxygen atoms in total. The van der Waals surface area contributed by atoms with Crippen LogP contribution in [-0.2, 0) is 11.2 Å². The van der Waals surface area contributed by atoms with Crippen molar-refractivity contribution in [3.8, 4) is 16.8 Å². The van der Waals surface area contributed by atoms with Gasteiger partial charge in [0.1, 0.15) is 12.2 Å². The predicted octanol–water partition coefficient (Wildman–Crippen LogP) is 4.64. The Balaban J connectivity index is 1.44. The fraction of sp³-hybridized carbons (Fsp3) is 0.103. The zero-order valence-corrected chi connectivity index (χ0v) is 22.0. The van der Waals surface area contributed by atoms with Gasteiger partial charge in [-0.1, -0.05) is 41.9 Å². The molecule has 3 heterocycles. The summed E-state index contributed by atoms with van der Waals surface area (Å²) in [6.45, 7) is 0. The summed E-state index contributed by atoms with van der Waals surface area (Å²) in [7, 11) is 1.34. The Morgan fingerprint density at radius 1 is 1.05 bits per heavy atom. The number of methoxy groups -OCH3 is 1. The fourth-order valence-corrected chi connectivity index (χ4v) is 4.89. The zero-order chi connectivity index (χ0) is 27.6. The van der Waals surface area contributed by atoms with Crippen molar-refractivity contribution in [3.63, 3.8) is 0 Å². The van der Waals surface area contributed by atoms with Gasteiger partial charge in [-0.25, -0.2) is 9.78 Å². The Labute approximate surface area is 232 Å². The summed E-state index contributed by atoms with van der Waals surface area (Å²) >= 11 is 6.31. The van der Waals surface area contributed by atoms with Crippen molar-refractivity contribution in [1.29, 1.82) is 0 Å². The van der Waals surface area contributed by atoms with E-state index < -0.39 is 12.0 Å². The van der Waals surface area contributed by atoms with Gasteiger partial charge in [0.2, 0.25) is 0 Å². The first-order valence-electron chi connectivity index (χ1n) is 12.4. The maximum Gasteiger partial charge on any atom is 0.337 e. The third-order valence-corrected chi connectivity index (χ3v) is 6.89. The number of nitrogens with zero attached hydrogens (tertiary/aromatic N) is 6. The Morgan fingerprint density at radius 2 is 1.90 bits per heavy atom. The number of H-pyrrole nitrogens is 1. The van der Waals surface area contributed by atoms with Gasteiger partial charge in [-0.05, 0) is 64.0 Å². The molecule has 11 heteroatoms. The number of hydrogen-bond acceptors (Lipinski definition) is 7. The Kier molecular flexibility index (Phi) is 6.67. The lowest BCUT2D eigenvalue weighted by Gasteiger charge is -2.19. The maximum absolute atomic E-state index is 13.7. The van der Waals surface area contributed by atoms with Gasteiger partial charge in [-0.15, -0.1) is 5.10 Å². The molecule has 0 unspecified atom stereocenters. The first-order chi connectivity index (χ1) is 19.5. The molecule has 3 aromatic heterocycles. The SMILES string of the molecule is COC(=O)c1ccc2nc([C@@H](Cc3ccccc3)n3ccc(-c4cc(Cl)ccc4-n4cnnn4)cc3=O)[nH]c2c1. The molecule has 6 rings (SSSR count). The second-order valence-electron chi connectivity index (χ2n) is 9.13. The van der Waals surface area contributed by atoms with Gasteiger partial charge >= 0.3 is 5.97 Å².